The highest BCUT2D eigenvalue weighted by Gasteiger charge is 2.19. The number of hydrogen-bond acceptors (Lipinski definition) is 6. The van der Waals surface area contributed by atoms with Crippen molar-refractivity contribution in [1.29, 1.82) is 0 Å². The summed E-state index contributed by atoms with van der Waals surface area (Å²) in [5, 5.41) is 0. The molecule has 0 N–H and O–H groups in total. The van der Waals surface area contributed by atoms with Crippen LogP contribution in [0.3, 0.4) is 0 Å². The van der Waals surface area contributed by atoms with Crippen molar-refractivity contribution in [2.24, 2.45) is 0 Å². The fourth-order valence-electron chi connectivity index (χ4n) is 6.26. The molecule has 0 spiro atoms. The molecule has 6 heteroatoms. The molecule has 0 rings (SSSR count). The molecule has 0 bridgehead atoms. The first-order valence-electron chi connectivity index (χ1n) is 22.3. The summed E-state index contributed by atoms with van der Waals surface area (Å²) >= 11 is 0. The van der Waals surface area contributed by atoms with Crippen LogP contribution in [0.15, 0.2) is 24.3 Å². The molecule has 6 nitrogen and oxygen atoms in total. The molecule has 0 fully saturated rings. The van der Waals surface area contributed by atoms with Crippen molar-refractivity contribution in [2.75, 3.05) is 13.2 Å². The Morgan fingerprint density at radius 1 is 0.365 bits per heavy atom. The number of carbonyl (C=O) groups is 3. The van der Waals surface area contributed by atoms with Gasteiger partial charge in [-0.15, -0.1) is 0 Å². The van der Waals surface area contributed by atoms with Crippen molar-refractivity contribution in [3.63, 3.8) is 0 Å². The first kappa shape index (κ1) is 49.9. The number of carbonyl (C=O) groups excluding carboxylic acids is 3. The molecule has 0 aromatic heterocycles. The van der Waals surface area contributed by atoms with Gasteiger partial charge < -0.3 is 14.2 Å². The number of ether oxygens (including phenoxy) is 3. The van der Waals surface area contributed by atoms with Gasteiger partial charge in [-0.1, -0.05) is 173 Å². The van der Waals surface area contributed by atoms with Crippen molar-refractivity contribution in [3.8, 4) is 0 Å². The minimum atomic E-state index is -0.769. The minimum Gasteiger partial charge on any atom is -0.462 e. The summed E-state index contributed by atoms with van der Waals surface area (Å²) in [6.07, 6.45) is 44.6. The number of esters is 3. The molecule has 1 atom stereocenters. The molecule has 0 aromatic carbocycles. The lowest BCUT2D eigenvalue weighted by Gasteiger charge is -2.18. The normalized spacial score (nSPS) is 12.1. The van der Waals surface area contributed by atoms with E-state index in [2.05, 4.69) is 45.1 Å². The van der Waals surface area contributed by atoms with E-state index in [0.717, 1.165) is 77.0 Å². The molecule has 0 aliphatic heterocycles. The molecule has 0 saturated heterocycles. The first-order valence-corrected chi connectivity index (χ1v) is 22.3. The zero-order valence-electron chi connectivity index (χ0n) is 34.6. The zero-order valence-corrected chi connectivity index (χ0v) is 34.6. The van der Waals surface area contributed by atoms with Gasteiger partial charge in [-0.05, 0) is 64.2 Å². The molecule has 0 aromatic rings. The highest BCUT2D eigenvalue weighted by atomic mass is 16.6. The molecular weight excluding hydrogens is 649 g/mol. The van der Waals surface area contributed by atoms with Crippen LogP contribution in [-0.4, -0.2) is 37.2 Å². The van der Waals surface area contributed by atoms with Gasteiger partial charge in [0.05, 0.1) is 0 Å². The third-order valence-corrected chi connectivity index (χ3v) is 9.66. The lowest BCUT2D eigenvalue weighted by Crippen LogP contribution is -2.30. The van der Waals surface area contributed by atoms with Crippen molar-refractivity contribution in [3.05, 3.63) is 24.3 Å². The van der Waals surface area contributed by atoms with Crippen LogP contribution in [0.5, 0.6) is 0 Å². The second-order valence-corrected chi connectivity index (χ2v) is 15.0. The van der Waals surface area contributed by atoms with Crippen molar-refractivity contribution in [2.45, 2.75) is 239 Å². The molecule has 1 unspecified atom stereocenters. The Morgan fingerprint density at radius 2 is 0.673 bits per heavy atom. The molecule has 0 amide bonds. The predicted molar refractivity (Wildman–Crippen MR) is 219 cm³/mol. The fraction of sp³-hybridized carbons (Fsp3) is 0.848. The van der Waals surface area contributed by atoms with E-state index in [1.165, 1.54) is 116 Å². The number of hydrogen-bond donors (Lipinski definition) is 0. The van der Waals surface area contributed by atoms with Crippen LogP contribution in [0.1, 0.15) is 233 Å². The molecule has 0 aliphatic rings. The van der Waals surface area contributed by atoms with Crippen LogP contribution in [0, 0.1) is 0 Å². The van der Waals surface area contributed by atoms with E-state index < -0.39 is 6.10 Å². The van der Waals surface area contributed by atoms with E-state index >= 15 is 0 Å². The predicted octanol–water partition coefficient (Wildman–Crippen LogP) is 14.0. The largest absolute Gasteiger partial charge is 0.462 e. The third-order valence-electron chi connectivity index (χ3n) is 9.66. The average Bonchev–Trinajstić information content (AvgIpc) is 3.14. The highest BCUT2D eigenvalue weighted by Crippen LogP contribution is 2.14. The van der Waals surface area contributed by atoms with E-state index in [-0.39, 0.29) is 31.1 Å². The Balaban J connectivity index is 4.25. The molecule has 304 valence electrons. The summed E-state index contributed by atoms with van der Waals surface area (Å²) in [6, 6.07) is 0. The fourth-order valence-corrected chi connectivity index (χ4v) is 6.26. The maximum absolute atomic E-state index is 12.6. The lowest BCUT2D eigenvalue weighted by molar-refractivity contribution is -0.167. The monoisotopic (exact) mass is 733 g/mol. The van der Waals surface area contributed by atoms with E-state index in [4.69, 9.17) is 14.2 Å². The average molecular weight is 733 g/mol. The van der Waals surface area contributed by atoms with E-state index in [0.29, 0.717) is 19.3 Å². The second kappa shape index (κ2) is 41.6. The molecule has 0 radical (unpaired) electrons. The second-order valence-electron chi connectivity index (χ2n) is 15.0. The molecule has 0 heterocycles. The van der Waals surface area contributed by atoms with Gasteiger partial charge in [-0.25, -0.2) is 0 Å². The Labute approximate surface area is 322 Å². The van der Waals surface area contributed by atoms with Crippen molar-refractivity contribution >= 4 is 17.9 Å². The van der Waals surface area contributed by atoms with E-state index in [9.17, 15) is 14.4 Å². The number of rotatable bonds is 40. The van der Waals surface area contributed by atoms with Crippen LogP contribution in [0.2, 0.25) is 0 Å². The third kappa shape index (κ3) is 39.1. The van der Waals surface area contributed by atoms with Gasteiger partial charge in [0.1, 0.15) is 13.2 Å². The Morgan fingerprint density at radius 3 is 1.04 bits per heavy atom. The molecular formula is C46H84O6. The summed E-state index contributed by atoms with van der Waals surface area (Å²) < 4.78 is 16.6. The van der Waals surface area contributed by atoms with Crippen LogP contribution < -0.4 is 0 Å². The molecule has 52 heavy (non-hydrogen) atoms. The summed E-state index contributed by atoms with van der Waals surface area (Å²) in [5.41, 5.74) is 0. The van der Waals surface area contributed by atoms with Gasteiger partial charge in [0, 0.05) is 19.3 Å². The Hall–Kier alpha value is -2.11. The maximum atomic E-state index is 12.6. The summed E-state index contributed by atoms with van der Waals surface area (Å²) in [5.74, 6) is -0.894. The lowest BCUT2D eigenvalue weighted by atomic mass is 10.1. The van der Waals surface area contributed by atoms with Crippen LogP contribution >= 0.6 is 0 Å². The summed E-state index contributed by atoms with van der Waals surface area (Å²) in [7, 11) is 0. The van der Waals surface area contributed by atoms with Crippen molar-refractivity contribution in [1.82, 2.24) is 0 Å². The Bertz CT molecular complexity index is 850. The quantitative estimate of drug-likeness (QED) is 0.0270. The standard InChI is InChI=1S/C46H84O6/c1-4-7-10-13-16-18-20-21-22-23-24-25-26-28-30-33-36-39-45(48)51-42-43(41-50-44(47)38-35-32-29-15-12-9-6-3)52-46(49)40-37-34-31-27-19-17-14-11-8-5-2/h11,14,21-22,43H,4-10,12-13,15-20,23-42H2,1-3H3/b14-11-,22-21-. The van der Waals surface area contributed by atoms with E-state index in [1.54, 1.807) is 0 Å². The highest BCUT2D eigenvalue weighted by molar-refractivity contribution is 5.71. The summed E-state index contributed by atoms with van der Waals surface area (Å²) in [6.45, 7) is 6.51. The van der Waals surface area contributed by atoms with Gasteiger partial charge in [-0.3, -0.25) is 14.4 Å². The van der Waals surface area contributed by atoms with Crippen LogP contribution in [-0.2, 0) is 28.6 Å². The van der Waals surface area contributed by atoms with Gasteiger partial charge in [0.15, 0.2) is 6.10 Å². The SMILES string of the molecule is CCC/C=C\CCCCCCCC(=O)OC(COC(=O)CCCCCCCCC)COC(=O)CCCCCCCCC/C=C\CCCCCCCC. The smallest absolute Gasteiger partial charge is 0.306 e. The minimum absolute atomic E-state index is 0.0746. The van der Waals surface area contributed by atoms with Crippen LogP contribution in [0.25, 0.3) is 0 Å². The van der Waals surface area contributed by atoms with Gasteiger partial charge >= 0.3 is 17.9 Å². The van der Waals surface area contributed by atoms with Crippen LogP contribution in [0.4, 0.5) is 0 Å². The van der Waals surface area contributed by atoms with E-state index in [1.807, 2.05) is 0 Å². The first-order chi connectivity index (χ1) is 25.5. The molecule has 0 aliphatic carbocycles. The topological polar surface area (TPSA) is 78.9 Å². The van der Waals surface area contributed by atoms with Gasteiger partial charge in [0.2, 0.25) is 0 Å². The zero-order chi connectivity index (χ0) is 38.0. The summed E-state index contributed by atoms with van der Waals surface area (Å²) in [4.78, 5) is 37.5. The number of unbranched alkanes of at least 4 members (excludes halogenated alkanes) is 25. The van der Waals surface area contributed by atoms with Gasteiger partial charge in [0.25, 0.3) is 0 Å². The Kier molecular flexibility index (Phi) is 40.0. The maximum Gasteiger partial charge on any atom is 0.306 e. The van der Waals surface area contributed by atoms with Gasteiger partial charge in [-0.2, -0.15) is 0 Å². The molecule has 0 saturated carbocycles. The number of allylic oxidation sites excluding steroid dienone is 4. The van der Waals surface area contributed by atoms with Crippen molar-refractivity contribution < 1.29 is 28.6 Å².